The Hall–Kier alpha value is -2.80. The topological polar surface area (TPSA) is 18.5 Å². The number of ether oxygens (including phenoxy) is 2. The Kier molecular flexibility index (Phi) is 6.56. The third-order valence-electron chi connectivity index (χ3n) is 5.82. The molecule has 1 heterocycles. The molecule has 1 fully saturated rings. The Balaban J connectivity index is 1.61. The quantitative estimate of drug-likeness (QED) is 0.355. The van der Waals surface area contributed by atoms with Crippen LogP contribution in [0.1, 0.15) is 31.4 Å². The SMILES string of the molecule is BCOc1ccc(-c2ccc(-c3ccc(C4CCC(C)CO4)c(F)c3F)cc2)c(F)c1F. The molecule has 0 aromatic heterocycles. The number of rotatable bonds is 5. The maximum atomic E-state index is 14.9. The van der Waals surface area contributed by atoms with Gasteiger partial charge in [0.1, 0.15) is 0 Å². The maximum absolute atomic E-state index is 14.9. The summed E-state index contributed by atoms with van der Waals surface area (Å²) in [6.45, 7) is 2.81. The Morgan fingerprint density at radius 2 is 1.41 bits per heavy atom. The van der Waals surface area contributed by atoms with Crippen molar-refractivity contribution < 1.29 is 27.0 Å². The first-order valence-electron chi connectivity index (χ1n) is 10.7. The van der Waals surface area contributed by atoms with E-state index in [0.717, 1.165) is 6.42 Å². The molecule has 3 aromatic carbocycles. The van der Waals surface area contributed by atoms with Gasteiger partial charge in [0.05, 0.1) is 12.6 Å². The van der Waals surface area contributed by atoms with Crippen molar-refractivity contribution >= 4 is 7.85 Å². The minimum atomic E-state index is -1.06. The smallest absolute Gasteiger partial charge is 0.201 e. The summed E-state index contributed by atoms with van der Waals surface area (Å²) in [5.74, 6) is -3.69. The van der Waals surface area contributed by atoms with Crippen LogP contribution in [0.2, 0.25) is 0 Å². The van der Waals surface area contributed by atoms with Crippen LogP contribution in [-0.2, 0) is 4.74 Å². The summed E-state index contributed by atoms with van der Waals surface area (Å²) in [4.78, 5) is 0. The first-order chi connectivity index (χ1) is 15.4. The van der Waals surface area contributed by atoms with E-state index < -0.39 is 29.4 Å². The average Bonchev–Trinajstić information content (AvgIpc) is 2.80. The van der Waals surface area contributed by atoms with Gasteiger partial charge in [-0.3, -0.25) is 0 Å². The zero-order valence-corrected chi connectivity index (χ0v) is 17.9. The zero-order valence-electron chi connectivity index (χ0n) is 17.9. The van der Waals surface area contributed by atoms with E-state index in [4.69, 9.17) is 9.47 Å². The molecule has 0 spiro atoms. The van der Waals surface area contributed by atoms with Gasteiger partial charge in [0.15, 0.2) is 31.0 Å². The molecule has 1 saturated heterocycles. The lowest BCUT2D eigenvalue weighted by atomic mass is 9.93. The van der Waals surface area contributed by atoms with Crippen molar-refractivity contribution in [2.45, 2.75) is 25.9 Å². The van der Waals surface area contributed by atoms with Gasteiger partial charge in [0, 0.05) is 23.3 Å². The second kappa shape index (κ2) is 9.37. The van der Waals surface area contributed by atoms with Gasteiger partial charge in [0.2, 0.25) is 5.82 Å². The lowest BCUT2D eigenvalue weighted by molar-refractivity contribution is -0.0144. The van der Waals surface area contributed by atoms with E-state index in [-0.39, 0.29) is 28.9 Å². The van der Waals surface area contributed by atoms with Crippen molar-refractivity contribution in [1.29, 1.82) is 0 Å². The molecule has 0 bridgehead atoms. The fraction of sp³-hybridized carbons (Fsp3) is 0.280. The van der Waals surface area contributed by atoms with Crippen LogP contribution in [0.3, 0.4) is 0 Å². The van der Waals surface area contributed by atoms with Gasteiger partial charge in [-0.05, 0) is 42.0 Å². The van der Waals surface area contributed by atoms with E-state index in [1.807, 2.05) is 0 Å². The van der Waals surface area contributed by atoms with Crippen LogP contribution in [0, 0.1) is 29.2 Å². The lowest BCUT2D eigenvalue weighted by Crippen LogP contribution is -2.19. The van der Waals surface area contributed by atoms with E-state index in [2.05, 4.69) is 6.92 Å². The Morgan fingerprint density at radius 1 is 0.812 bits per heavy atom. The Bertz CT molecular complexity index is 1110. The second-order valence-corrected chi connectivity index (χ2v) is 8.08. The summed E-state index contributed by atoms with van der Waals surface area (Å²) < 4.78 is 69.1. The summed E-state index contributed by atoms with van der Waals surface area (Å²) in [5, 5.41) is 0. The second-order valence-electron chi connectivity index (χ2n) is 8.08. The molecule has 0 aliphatic carbocycles. The minimum absolute atomic E-state index is 0.0585. The van der Waals surface area contributed by atoms with Gasteiger partial charge in [0.25, 0.3) is 0 Å². The highest BCUT2D eigenvalue weighted by Gasteiger charge is 2.26. The largest absolute Gasteiger partial charge is 0.500 e. The Labute approximate surface area is 185 Å². The van der Waals surface area contributed by atoms with Crippen LogP contribution >= 0.6 is 0 Å². The van der Waals surface area contributed by atoms with Crippen LogP contribution in [0.15, 0.2) is 48.5 Å². The van der Waals surface area contributed by atoms with E-state index in [9.17, 15) is 17.6 Å². The number of hydrogen-bond acceptors (Lipinski definition) is 2. The van der Waals surface area contributed by atoms with E-state index in [1.165, 1.54) is 18.2 Å². The van der Waals surface area contributed by atoms with Crippen LogP contribution < -0.4 is 4.74 Å². The molecule has 0 N–H and O–H groups in total. The molecule has 2 atom stereocenters. The van der Waals surface area contributed by atoms with Crippen LogP contribution in [-0.4, -0.2) is 21.0 Å². The predicted molar refractivity (Wildman–Crippen MR) is 118 cm³/mol. The number of hydrogen-bond donors (Lipinski definition) is 0. The molecule has 0 radical (unpaired) electrons. The van der Waals surface area contributed by atoms with Crippen molar-refractivity contribution in [3.8, 4) is 28.0 Å². The van der Waals surface area contributed by atoms with Crippen molar-refractivity contribution in [3.63, 3.8) is 0 Å². The molecule has 2 unspecified atom stereocenters. The fourth-order valence-electron chi connectivity index (χ4n) is 4.02. The summed E-state index contributed by atoms with van der Waals surface area (Å²) >= 11 is 0. The Morgan fingerprint density at radius 3 is 1.97 bits per heavy atom. The monoisotopic (exact) mass is 442 g/mol. The molecule has 0 amide bonds. The highest BCUT2D eigenvalue weighted by atomic mass is 19.2. The summed E-state index contributed by atoms with van der Waals surface area (Å²) in [5.41, 5.74) is 1.22. The van der Waals surface area contributed by atoms with Crippen molar-refractivity contribution in [1.82, 2.24) is 0 Å². The third-order valence-corrected chi connectivity index (χ3v) is 5.82. The number of halogens is 4. The van der Waals surface area contributed by atoms with Gasteiger partial charge in [-0.15, -0.1) is 0 Å². The van der Waals surface area contributed by atoms with Gasteiger partial charge >= 0.3 is 0 Å². The van der Waals surface area contributed by atoms with Gasteiger partial charge in [-0.2, -0.15) is 4.39 Å². The van der Waals surface area contributed by atoms with E-state index in [1.54, 1.807) is 38.2 Å². The standard InChI is InChI=1S/C25H23BF4O2/c1-14-2-10-20(31-12-14)19-8-7-17(22(27)24(19)29)15-3-5-16(6-4-15)18-9-11-21(32-13-26)25(30)23(18)28/h3-9,11,14,20H,2,10,12-13,26H2,1H3. The van der Waals surface area contributed by atoms with Crippen molar-refractivity contribution in [3.05, 3.63) is 77.4 Å². The van der Waals surface area contributed by atoms with Crippen LogP contribution in [0.25, 0.3) is 22.3 Å². The molecular weight excluding hydrogens is 419 g/mol. The molecule has 166 valence electrons. The molecule has 7 heteroatoms. The zero-order chi connectivity index (χ0) is 22.8. The molecule has 32 heavy (non-hydrogen) atoms. The normalized spacial score (nSPS) is 18.5. The number of benzene rings is 3. The average molecular weight is 442 g/mol. The molecule has 4 rings (SSSR count). The van der Waals surface area contributed by atoms with Crippen molar-refractivity contribution in [2.75, 3.05) is 13.1 Å². The molecule has 3 aromatic rings. The summed E-state index contributed by atoms with van der Waals surface area (Å²) in [6.07, 6.45) is 1.10. The van der Waals surface area contributed by atoms with Crippen LogP contribution in [0.4, 0.5) is 17.6 Å². The van der Waals surface area contributed by atoms with Crippen molar-refractivity contribution in [2.24, 2.45) is 5.92 Å². The van der Waals surface area contributed by atoms with Crippen LogP contribution in [0.5, 0.6) is 5.75 Å². The van der Waals surface area contributed by atoms with Gasteiger partial charge in [-0.25, -0.2) is 13.2 Å². The minimum Gasteiger partial charge on any atom is -0.500 e. The highest BCUT2D eigenvalue weighted by molar-refractivity contribution is 6.08. The van der Waals surface area contributed by atoms with E-state index in [0.29, 0.717) is 30.1 Å². The first kappa shape index (κ1) is 22.4. The summed E-state index contributed by atoms with van der Waals surface area (Å²) in [7, 11) is 1.68. The highest BCUT2D eigenvalue weighted by Crippen LogP contribution is 2.36. The summed E-state index contributed by atoms with van der Waals surface area (Å²) in [6, 6.07) is 12.1. The van der Waals surface area contributed by atoms with Gasteiger partial charge in [-0.1, -0.05) is 43.3 Å². The molecule has 2 nitrogen and oxygen atoms in total. The maximum Gasteiger partial charge on any atom is 0.201 e. The molecule has 1 aliphatic rings. The third kappa shape index (κ3) is 4.26. The molecule has 1 aliphatic heterocycles. The molecular formula is C25H23BF4O2. The van der Waals surface area contributed by atoms with E-state index >= 15 is 0 Å². The van der Waals surface area contributed by atoms with Gasteiger partial charge < -0.3 is 9.47 Å². The predicted octanol–water partition coefficient (Wildman–Crippen LogP) is 6.03. The first-order valence-corrected chi connectivity index (χ1v) is 10.7. The lowest BCUT2D eigenvalue weighted by Gasteiger charge is -2.27. The fourth-order valence-corrected chi connectivity index (χ4v) is 4.02. The molecule has 0 saturated carbocycles.